The zero-order valence-electron chi connectivity index (χ0n) is 13.2. The normalized spacial score (nSPS) is 17.4. The molecule has 124 valence electrons. The predicted molar refractivity (Wildman–Crippen MR) is 82.0 cm³/mol. The highest BCUT2D eigenvalue weighted by atomic mass is 16.6. The molecule has 1 aromatic rings. The van der Waals surface area contributed by atoms with Crippen LogP contribution in [-0.2, 0) is 9.47 Å². The molecule has 1 aliphatic rings. The van der Waals surface area contributed by atoms with Crippen LogP contribution in [0.1, 0.15) is 25.3 Å². The lowest BCUT2D eigenvalue weighted by atomic mass is 10.2. The SMILES string of the molecule is CCCCOC(=O)N1CCO[C@@H](COc2cnccc2C#N)C1. The van der Waals surface area contributed by atoms with E-state index in [9.17, 15) is 4.79 Å². The fourth-order valence-corrected chi connectivity index (χ4v) is 2.15. The van der Waals surface area contributed by atoms with Gasteiger partial charge in [-0.15, -0.1) is 0 Å². The van der Waals surface area contributed by atoms with Crippen molar-refractivity contribution >= 4 is 6.09 Å². The van der Waals surface area contributed by atoms with Crippen LogP contribution in [0.5, 0.6) is 5.75 Å². The van der Waals surface area contributed by atoms with Crippen LogP contribution in [0, 0.1) is 11.3 Å². The summed E-state index contributed by atoms with van der Waals surface area (Å²) in [6.07, 6.45) is 4.31. The zero-order valence-corrected chi connectivity index (χ0v) is 13.2. The molecule has 2 heterocycles. The van der Waals surface area contributed by atoms with Crippen molar-refractivity contribution in [2.45, 2.75) is 25.9 Å². The fourth-order valence-electron chi connectivity index (χ4n) is 2.15. The maximum atomic E-state index is 11.9. The van der Waals surface area contributed by atoms with Gasteiger partial charge in [0, 0.05) is 12.7 Å². The van der Waals surface area contributed by atoms with Gasteiger partial charge in [0.15, 0.2) is 5.75 Å². The molecule has 0 bridgehead atoms. The maximum Gasteiger partial charge on any atom is 0.409 e. The van der Waals surface area contributed by atoms with Crippen LogP contribution >= 0.6 is 0 Å². The van der Waals surface area contributed by atoms with E-state index in [0.29, 0.717) is 37.6 Å². The second kappa shape index (κ2) is 8.96. The first-order valence-corrected chi connectivity index (χ1v) is 7.74. The molecule has 1 saturated heterocycles. The van der Waals surface area contributed by atoms with E-state index in [4.69, 9.17) is 19.5 Å². The van der Waals surface area contributed by atoms with Crippen LogP contribution < -0.4 is 4.74 Å². The van der Waals surface area contributed by atoms with Crippen LogP contribution in [-0.4, -0.2) is 55.0 Å². The first-order valence-electron chi connectivity index (χ1n) is 7.74. The second-order valence-corrected chi connectivity index (χ2v) is 5.20. The summed E-state index contributed by atoms with van der Waals surface area (Å²) in [7, 11) is 0. The molecule has 0 N–H and O–H groups in total. The summed E-state index contributed by atoms with van der Waals surface area (Å²) in [5.41, 5.74) is 0.423. The smallest absolute Gasteiger partial charge is 0.409 e. The lowest BCUT2D eigenvalue weighted by molar-refractivity contribution is -0.0452. The number of ether oxygens (including phenoxy) is 3. The van der Waals surface area contributed by atoms with Gasteiger partial charge in [-0.1, -0.05) is 13.3 Å². The van der Waals surface area contributed by atoms with Crippen LogP contribution in [0.3, 0.4) is 0 Å². The summed E-state index contributed by atoms with van der Waals surface area (Å²) in [6.45, 7) is 4.10. The first kappa shape index (κ1) is 17.0. The Morgan fingerprint density at radius 1 is 1.61 bits per heavy atom. The minimum Gasteiger partial charge on any atom is -0.488 e. The van der Waals surface area contributed by atoms with Gasteiger partial charge in [-0.05, 0) is 12.5 Å². The Kier molecular flexibility index (Phi) is 6.63. The standard InChI is InChI=1S/C16H21N3O4/c1-2-3-7-22-16(20)19-6-8-21-14(11-19)12-23-15-10-18-5-4-13(15)9-17/h4-5,10,14H,2-3,6-8,11-12H2,1H3/t14-/m1/s1. The Balaban J connectivity index is 1.82. The zero-order chi connectivity index (χ0) is 16.5. The van der Waals surface area contributed by atoms with E-state index >= 15 is 0 Å². The number of rotatable bonds is 6. The number of unbranched alkanes of at least 4 members (excludes halogenated alkanes) is 1. The van der Waals surface area contributed by atoms with Crippen molar-refractivity contribution in [1.29, 1.82) is 5.26 Å². The van der Waals surface area contributed by atoms with Crippen molar-refractivity contribution in [2.24, 2.45) is 0 Å². The molecule has 1 atom stereocenters. The highest BCUT2D eigenvalue weighted by Gasteiger charge is 2.25. The predicted octanol–water partition coefficient (Wildman–Crippen LogP) is 1.97. The van der Waals surface area contributed by atoms with Gasteiger partial charge in [-0.2, -0.15) is 5.26 Å². The van der Waals surface area contributed by atoms with Crippen molar-refractivity contribution < 1.29 is 19.0 Å². The molecule has 7 heteroatoms. The quantitative estimate of drug-likeness (QED) is 0.745. The van der Waals surface area contributed by atoms with Crippen molar-refractivity contribution in [1.82, 2.24) is 9.88 Å². The molecule has 0 spiro atoms. The third kappa shape index (κ3) is 5.11. The van der Waals surface area contributed by atoms with E-state index in [0.717, 1.165) is 12.8 Å². The number of amides is 1. The van der Waals surface area contributed by atoms with E-state index in [1.807, 2.05) is 13.0 Å². The summed E-state index contributed by atoms with van der Waals surface area (Å²) in [4.78, 5) is 17.5. The van der Waals surface area contributed by atoms with Gasteiger partial charge in [-0.25, -0.2) is 4.79 Å². The molecule has 0 radical (unpaired) electrons. The Morgan fingerprint density at radius 3 is 3.26 bits per heavy atom. The average Bonchev–Trinajstić information content (AvgIpc) is 2.60. The summed E-state index contributed by atoms with van der Waals surface area (Å²) in [5.74, 6) is 0.418. The Hall–Kier alpha value is -2.33. The number of carbonyl (C=O) groups excluding carboxylic acids is 1. The number of aromatic nitrogens is 1. The molecule has 2 rings (SSSR count). The molecule has 0 unspecified atom stereocenters. The van der Waals surface area contributed by atoms with Gasteiger partial charge in [-0.3, -0.25) is 4.98 Å². The molecule has 23 heavy (non-hydrogen) atoms. The molecule has 7 nitrogen and oxygen atoms in total. The van der Waals surface area contributed by atoms with E-state index < -0.39 is 0 Å². The Labute approximate surface area is 135 Å². The largest absolute Gasteiger partial charge is 0.488 e. The minimum absolute atomic E-state index is 0.249. The number of carbonyl (C=O) groups is 1. The van der Waals surface area contributed by atoms with Gasteiger partial charge in [0.25, 0.3) is 0 Å². The monoisotopic (exact) mass is 319 g/mol. The lowest BCUT2D eigenvalue weighted by Gasteiger charge is -2.32. The Morgan fingerprint density at radius 2 is 2.48 bits per heavy atom. The molecule has 1 aromatic heterocycles. The van der Waals surface area contributed by atoms with Crippen LogP contribution in [0.2, 0.25) is 0 Å². The average molecular weight is 319 g/mol. The number of nitriles is 1. The molecule has 1 fully saturated rings. The summed E-state index contributed by atoms with van der Waals surface area (Å²) in [6, 6.07) is 3.64. The summed E-state index contributed by atoms with van der Waals surface area (Å²) in [5, 5.41) is 9.01. The first-order chi connectivity index (χ1) is 11.2. The second-order valence-electron chi connectivity index (χ2n) is 5.20. The number of hydrogen-bond donors (Lipinski definition) is 0. The molecular formula is C16H21N3O4. The lowest BCUT2D eigenvalue weighted by Crippen LogP contribution is -2.47. The van der Waals surface area contributed by atoms with E-state index in [-0.39, 0.29) is 18.8 Å². The molecule has 1 amide bonds. The summed E-state index contributed by atoms with van der Waals surface area (Å²) >= 11 is 0. The van der Waals surface area contributed by atoms with Gasteiger partial charge in [0.05, 0.1) is 31.5 Å². The topological polar surface area (TPSA) is 84.7 Å². The highest BCUT2D eigenvalue weighted by Crippen LogP contribution is 2.16. The van der Waals surface area contributed by atoms with Gasteiger partial charge >= 0.3 is 6.09 Å². The number of morpholine rings is 1. The van der Waals surface area contributed by atoms with E-state index in [1.165, 1.54) is 12.4 Å². The summed E-state index contributed by atoms with van der Waals surface area (Å²) < 4.78 is 16.4. The third-order valence-corrected chi connectivity index (χ3v) is 3.45. The molecular weight excluding hydrogens is 298 g/mol. The van der Waals surface area contributed by atoms with Gasteiger partial charge < -0.3 is 19.1 Å². The highest BCUT2D eigenvalue weighted by molar-refractivity contribution is 5.67. The van der Waals surface area contributed by atoms with Crippen LogP contribution in [0.15, 0.2) is 18.5 Å². The number of hydrogen-bond acceptors (Lipinski definition) is 6. The van der Waals surface area contributed by atoms with Crippen LogP contribution in [0.25, 0.3) is 0 Å². The number of pyridine rings is 1. The van der Waals surface area contributed by atoms with Crippen molar-refractivity contribution in [2.75, 3.05) is 32.9 Å². The number of nitrogens with zero attached hydrogens (tertiary/aromatic N) is 3. The molecule has 0 aromatic carbocycles. The van der Waals surface area contributed by atoms with Crippen LogP contribution in [0.4, 0.5) is 4.79 Å². The third-order valence-electron chi connectivity index (χ3n) is 3.45. The van der Waals surface area contributed by atoms with E-state index in [1.54, 1.807) is 11.0 Å². The van der Waals surface area contributed by atoms with Crippen molar-refractivity contribution in [3.63, 3.8) is 0 Å². The van der Waals surface area contributed by atoms with E-state index in [2.05, 4.69) is 4.98 Å². The molecule has 1 aliphatic heterocycles. The Bertz CT molecular complexity index is 559. The molecule has 0 saturated carbocycles. The van der Waals surface area contributed by atoms with Crippen molar-refractivity contribution in [3.8, 4) is 11.8 Å². The molecule has 0 aliphatic carbocycles. The van der Waals surface area contributed by atoms with Gasteiger partial charge in [0.1, 0.15) is 18.8 Å². The minimum atomic E-state index is -0.314. The van der Waals surface area contributed by atoms with Gasteiger partial charge in [0.2, 0.25) is 0 Å². The van der Waals surface area contributed by atoms with Crippen molar-refractivity contribution in [3.05, 3.63) is 24.0 Å². The maximum absolute atomic E-state index is 11.9. The fraction of sp³-hybridized carbons (Fsp3) is 0.562.